The molecule has 1 aromatic rings. The Labute approximate surface area is 114 Å². The largest absolute Gasteiger partial charge is 0.385 e. The minimum atomic E-state index is -0.0865. The minimum Gasteiger partial charge on any atom is -0.385 e. The smallest absolute Gasteiger partial charge is 0.220 e. The molecule has 104 valence electrons. The maximum atomic E-state index is 11.8. The first-order valence-electron chi connectivity index (χ1n) is 6.49. The van der Waals surface area contributed by atoms with Crippen molar-refractivity contribution in [2.24, 2.45) is 0 Å². The number of Topliss-reactive ketones (excluding diaryl/α,β-unsaturated/α-hetero) is 1. The fourth-order valence-corrected chi connectivity index (χ4v) is 1.64. The number of ether oxygens (including phenoxy) is 1. The van der Waals surface area contributed by atoms with Gasteiger partial charge in [0.25, 0.3) is 0 Å². The van der Waals surface area contributed by atoms with Gasteiger partial charge in [0.1, 0.15) is 0 Å². The summed E-state index contributed by atoms with van der Waals surface area (Å²) >= 11 is 0. The monoisotopic (exact) mass is 263 g/mol. The van der Waals surface area contributed by atoms with Crippen molar-refractivity contribution in [2.45, 2.75) is 26.2 Å². The van der Waals surface area contributed by atoms with E-state index in [1.807, 2.05) is 19.1 Å². The Kier molecular flexibility index (Phi) is 6.82. The van der Waals surface area contributed by atoms with Crippen LogP contribution in [-0.2, 0) is 9.53 Å². The average molecular weight is 263 g/mol. The predicted molar refractivity (Wildman–Crippen MR) is 74.2 cm³/mol. The first-order chi connectivity index (χ1) is 9.13. The summed E-state index contributed by atoms with van der Waals surface area (Å²) in [4.78, 5) is 23.3. The normalized spacial score (nSPS) is 10.2. The summed E-state index contributed by atoms with van der Waals surface area (Å²) in [5.74, 6) is -0.0800. The number of carbonyl (C=O) groups is 2. The lowest BCUT2D eigenvalue weighted by molar-refractivity contribution is -0.121. The number of amides is 1. The van der Waals surface area contributed by atoms with E-state index in [1.165, 1.54) is 0 Å². The molecule has 0 saturated carbocycles. The van der Waals surface area contributed by atoms with E-state index in [9.17, 15) is 9.59 Å². The van der Waals surface area contributed by atoms with Gasteiger partial charge in [0.05, 0.1) is 0 Å². The van der Waals surface area contributed by atoms with Gasteiger partial charge in [-0.2, -0.15) is 0 Å². The fraction of sp³-hybridized carbons (Fsp3) is 0.467. The number of hydrogen-bond donors (Lipinski definition) is 1. The summed E-state index contributed by atoms with van der Waals surface area (Å²) in [7, 11) is 1.63. The molecule has 4 nitrogen and oxygen atoms in total. The van der Waals surface area contributed by atoms with E-state index < -0.39 is 0 Å². The zero-order valence-corrected chi connectivity index (χ0v) is 11.6. The van der Waals surface area contributed by atoms with Crippen LogP contribution in [0.3, 0.4) is 0 Å². The van der Waals surface area contributed by atoms with Gasteiger partial charge in [-0.3, -0.25) is 9.59 Å². The zero-order chi connectivity index (χ0) is 14.1. The highest BCUT2D eigenvalue weighted by Gasteiger charge is 2.08. The van der Waals surface area contributed by atoms with Crippen LogP contribution < -0.4 is 5.32 Å². The Bertz CT molecular complexity index is 412. The van der Waals surface area contributed by atoms with E-state index >= 15 is 0 Å². The van der Waals surface area contributed by atoms with E-state index in [0.29, 0.717) is 18.7 Å². The molecule has 1 N–H and O–H groups in total. The van der Waals surface area contributed by atoms with Crippen LogP contribution in [0.4, 0.5) is 0 Å². The van der Waals surface area contributed by atoms with Crippen LogP contribution in [0.2, 0.25) is 0 Å². The SMILES string of the molecule is COCCCNC(=O)CCC(=O)c1ccc(C)cc1. The maximum Gasteiger partial charge on any atom is 0.220 e. The van der Waals surface area contributed by atoms with Crippen molar-refractivity contribution in [2.75, 3.05) is 20.3 Å². The van der Waals surface area contributed by atoms with Gasteiger partial charge in [-0.15, -0.1) is 0 Å². The van der Waals surface area contributed by atoms with E-state index in [1.54, 1.807) is 19.2 Å². The van der Waals surface area contributed by atoms with E-state index in [2.05, 4.69) is 5.32 Å². The number of hydrogen-bond acceptors (Lipinski definition) is 3. The molecule has 1 amide bonds. The molecule has 0 heterocycles. The molecule has 0 spiro atoms. The van der Waals surface area contributed by atoms with Gasteiger partial charge in [-0.1, -0.05) is 29.8 Å². The lowest BCUT2D eigenvalue weighted by Crippen LogP contribution is -2.25. The summed E-state index contributed by atoms with van der Waals surface area (Å²) < 4.78 is 4.88. The van der Waals surface area contributed by atoms with E-state index in [4.69, 9.17) is 4.74 Å². The van der Waals surface area contributed by atoms with Crippen molar-refractivity contribution in [1.82, 2.24) is 5.32 Å². The van der Waals surface area contributed by atoms with Gasteiger partial charge in [0, 0.05) is 38.7 Å². The van der Waals surface area contributed by atoms with Crippen molar-refractivity contribution in [1.29, 1.82) is 0 Å². The van der Waals surface area contributed by atoms with Crippen molar-refractivity contribution >= 4 is 11.7 Å². The zero-order valence-electron chi connectivity index (χ0n) is 11.6. The van der Waals surface area contributed by atoms with Gasteiger partial charge in [0.2, 0.25) is 5.91 Å². The number of ketones is 1. The summed E-state index contributed by atoms with van der Waals surface area (Å²) in [5.41, 5.74) is 1.78. The lowest BCUT2D eigenvalue weighted by atomic mass is 10.1. The third kappa shape index (κ3) is 6.15. The first-order valence-corrected chi connectivity index (χ1v) is 6.49. The molecule has 0 saturated heterocycles. The molecule has 1 aromatic carbocycles. The average Bonchev–Trinajstić information content (AvgIpc) is 2.42. The number of methoxy groups -OCH3 is 1. The third-order valence-corrected chi connectivity index (χ3v) is 2.80. The van der Waals surface area contributed by atoms with Crippen molar-refractivity contribution < 1.29 is 14.3 Å². The molecular weight excluding hydrogens is 242 g/mol. The highest BCUT2D eigenvalue weighted by Crippen LogP contribution is 2.07. The van der Waals surface area contributed by atoms with Crippen LogP contribution in [0, 0.1) is 6.92 Å². The molecule has 0 aliphatic carbocycles. The van der Waals surface area contributed by atoms with Gasteiger partial charge < -0.3 is 10.1 Å². The molecular formula is C15H21NO3. The number of carbonyl (C=O) groups excluding carboxylic acids is 2. The van der Waals surface area contributed by atoms with Crippen LogP contribution in [0.25, 0.3) is 0 Å². The molecule has 0 radical (unpaired) electrons. The Morgan fingerprint density at radius 2 is 1.84 bits per heavy atom. The molecule has 19 heavy (non-hydrogen) atoms. The quantitative estimate of drug-likeness (QED) is 0.577. The second-order valence-corrected chi connectivity index (χ2v) is 4.49. The summed E-state index contributed by atoms with van der Waals surface area (Å²) in [6, 6.07) is 7.40. The minimum absolute atomic E-state index is 0.00652. The van der Waals surface area contributed by atoms with Crippen LogP contribution in [0.5, 0.6) is 0 Å². The Balaban J connectivity index is 2.26. The van der Waals surface area contributed by atoms with Crippen LogP contribution in [-0.4, -0.2) is 32.0 Å². The van der Waals surface area contributed by atoms with E-state index in [-0.39, 0.29) is 24.5 Å². The molecule has 0 aliphatic rings. The number of aryl methyl sites for hydroxylation is 1. The lowest BCUT2D eigenvalue weighted by Gasteiger charge is -2.05. The fourth-order valence-electron chi connectivity index (χ4n) is 1.64. The van der Waals surface area contributed by atoms with Gasteiger partial charge in [-0.25, -0.2) is 0 Å². The molecule has 0 atom stereocenters. The maximum absolute atomic E-state index is 11.8. The molecule has 0 unspecified atom stereocenters. The van der Waals surface area contributed by atoms with Crippen LogP contribution in [0.15, 0.2) is 24.3 Å². The van der Waals surface area contributed by atoms with Crippen molar-refractivity contribution in [3.05, 3.63) is 35.4 Å². The standard InChI is InChI=1S/C15H21NO3/c1-12-4-6-13(7-5-12)14(17)8-9-15(18)16-10-3-11-19-2/h4-7H,3,8-11H2,1-2H3,(H,16,18). The Morgan fingerprint density at radius 3 is 2.47 bits per heavy atom. The Morgan fingerprint density at radius 1 is 1.16 bits per heavy atom. The molecule has 0 aliphatic heterocycles. The summed E-state index contributed by atoms with van der Waals surface area (Å²) in [5, 5.41) is 2.76. The van der Waals surface area contributed by atoms with Gasteiger partial charge in [0.15, 0.2) is 5.78 Å². The molecule has 0 fully saturated rings. The number of rotatable bonds is 8. The van der Waals surface area contributed by atoms with Crippen molar-refractivity contribution in [3.63, 3.8) is 0 Å². The highest BCUT2D eigenvalue weighted by atomic mass is 16.5. The van der Waals surface area contributed by atoms with Crippen LogP contribution >= 0.6 is 0 Å². The molecule has 4 heteroatoms. The topological polar surface area (TPSA) is 55.4 Å². The van der Waals surface area contributed by atoms with Crippen LogP contribution in [0.1, 0.15) is 35.2 Å². The molecule has 1 rings (SSSR count). The Hall–Kier alpha value is -1.68. The summed E-state index contributed by atoms with van der Waals surface area (Å²) in [6.45, 7) is 3.19. The van der Waals surface area contributed by atoms with E-state index in [0.717, 1.165) is 12.0 Å². The number of nitrogens with one attached hydrogen (secondary N) is 1. The third-order valence-electron chi connectivity index (χ3n) is 2.80. The van der Waals surface area contributed by atoms with Crippen molar-refractivity contribution in [3.8, 4) is 0 Å². The van der Waals surface area contributed by atoms with Gasteiger partial charge in [-0.05, 0) is 13.3 Å². The van der Waals surface area contributed by atoms with Gasteiger partial charge >= 0.3 is 0 Å². The number of benzene rings is 1. The predicted octanol–water partition coefficient (Wildman–Crippen LogP) is 2.11. The second-order valence-electron chi connectivity index (χ2n) is 4.49. The molecule has 0 aromatic heterocycles. The second kappa shape index (κ2) is 8.43. The first kappa shape index (κ1) is 15.4. The molecule has 0 bridgehead atoms. The summed E-state index contributed by atoms with van der Waals surface area (Å²) in [6.07, 6.45) is 1.27. The highest BCUT2D eigenvalue weighted by molar-refractivity contribution is 5.97.